The Labute approximate surface area is 192 Å². The molecule has 0 atom stereocenters. The third-order valence-electron chi connectivity index (χ3n) is 6.34. The highest BCUT2D eigenvalue weighted by Gasteiger charge is 2.26. The van der Waals surface area contributed by atoms with Crippen LogP contribution in [0.3, 0.4) is 0 Å². The average molecular weight is 454 g/mol. The summed E-state index contributed by atoms with van der Waals surface area (Å²) in [5.41, 5.74) is 4.17. The van der Waals surface area contributed by atoms with Crippen molar-refractivity contribution in [3.8, 4) is 5.75 Å². The SMILES string of the molecule is CCN(c1c(C)c(C(=O)NCc2c(OC)cc(C)[nH]c2=O)cc2cn[nH]c12)C1CCOCC1. The van der Waals surface area contributed by atoms with Gasteiger partial charge in [-0.25, -0.2) is 0 Å². The van der Waals surface area contributed by atoms with E-state index in [2.05, 4.69) is 32.3 Å². The lowest BCUT2D eigenvalue weighted by Crippen LogP contribution is -2.40. The first-order valence-corrected chi connectivity index (χ1v) is 11.3. The minimum atomic E-state index is -0.272. The lowest BCUT2D eigenvalue weighted by Gasteiger charge is -2.36. The number of nitrogens with zero attached hydrogens (tertiary/aromatic N) is 2. The lowest BCUT2D eigenvalue weighted by molar-refractivity contribution is 0.0846. The van der Waals surface area contributed by atoms with E-state index in [1.54, 1.807) is 19.2 Å². The van der Waals surface area contributed by atoms with Crippen LogP contribution in [0.25, 0.3) is 10.9 Å². The maximum absolute atomic E-state index is 13.3. The summed E-state index contributed by atoms with van der Waals surface area (Å²) in [6, 6.07) is 3.93. The number of aromatic amines is 2. The van der Waals surface area contributed by atoms with Gasteiger partial charge in [0, 0.05) is 42.4 Å². The molecule has 1 saturated heterocycles. The monoisotopic (exact) mass is 453 g/mol. The van der Waals surface area contributed by atoms with Crippen LogP contribution in [0.1, 0.15) is 46.9 Å². The van der Waals surface area contributed by atoms with Crippen molar-refractivity contribution in [2.75, 3.05) is 31.8 Å². The van der Waals surface area contributed by atoms with Crippen LogP contribution in [0.2, 0.25) is 0 Å². The molecule has 1 fully saturated rings. The van der Waals surface area contributed by atoms with Crippen LogP contribution >= 0.6 is 0 Å². The number of carbonyl (C=O) groups excluding carboxylic acids is 1. The van der Waals surface area contributed by atoms with Crippen molar-refractivity contribution in [1.29, 1.82) is 0 Å². The minimum Gasteiger partial charge on any atom is -0.496 e. The third kappa shape index (κ3) is 4.45. The number of benzene rings is 1. The Hall–Kier alpha value is -3.33. The number of rotatable bonds is 7. The van der Waals surface area contributed by atoms with Crippen molar-refractivity contribution < 1.29 is 14.3 Å². The Morgan fingerprint density at radius 1 is 1.30 bits per heavy atom. The summed E-state index contributed by atoms with van der Waals surface area (Å²) in [4.78, 5) is 30.8. The summed E-state index contributed by atoms with van der Waals surface area (Å²) in [6.45, 7) is 8.22. The zero-order valence-electron chi connectivity index (χ0n) is 19.6. The van der Waals surface area contributed by atoms with E-state index in [0.29, 0.717) is 28.6 Å². The highest BCUT2D eigenvalue weighted by atomic mass is 16.5. The van der Waals surface area contributed by atoms with E-state index >= 15 is 0 Å². The average Bonchev–Trinajstić information content (AvgIpc) is 3.28. The molecule has 2 aromatic heterocycles. The number of fused-ring (bicyclic) bond motifs is 1. The summed E-state index contributed by atoms with van der Waals surface area (Å²) in [7, 11) is 1.51. The van der Waals surface area contributed by atoms with Crippen LogP contribution in [0.15, 0.2) is 23.1 Å². The number of pyridine rings is 1. The first-order chi connectivity index (χ1) is 15.9. The van der Waals surface area contributed by atoms with Gasteiger partial charge in [-0.15, -0.1) is 0 Å². The fraction of sp³-hybridized carbons (Fsp3) is 0.458. The Morgan fingerprint density at radius 3 is 2.76 bits per heavy atom. The van der Waals surface area contributed by atoms with Crippen molar-refractivity contribution in [3.05, 3.63) is 51.1 Å². The maximum atomic E-state index is 13.3. The quantitative estimate of drug-likeness (QED) is 0.507. The Morgan fingerprint density at radius 2 is 2.06 bits per heavy atom. The van der Waals surface area contributed by atoms with Gasteiger partial charge in [0.05, 0.1) is 36.6 Å². The van der Waals surface area contributed by atoms with Gasteiger partial charge < -0.3 is 24.7 Å². The first kappa shape index (κ1) is 22.8. The summed E-state index contributed by atoms with van der Waals surface area (Å²) in [5, 5.41) is 11.1. The van der Waals surface area contributed by atoms with Gasteiger partial charge in [-0.05, 0) is 51.3 Å². The van der Waals surface area contributed by atoms with Crippen molar-refractivity contribution in [3.63, 3.8) is 0 Å². The lowest BCUT2D eigenvalue weighted by atomic mass is 9.98. The second-order valence-electron chi connectivity index (χ2n) is 8.37. The molecule has 0 spiro atoms. The number of hydrogen-bond donors (Lipinski definition) is 3. The molecule has 1 aliphatic rings. The van der Waals surface area contributed by atoms with Crippen LogP contribution in [-0.4, -0.2) is 54.0 Å². The van der Waals surface area contributed by atoms with Gasteiger partial charge in [0.1, 0.15) is 5.75 Å². The van der Waals surface area contributed by atoms with Crippen LogP contribution in [0, 0.1) is 13.8 Å². The molecule has 3 heterocycles. The number of aryl methyl sites for hydroxylation is 1. The van der Waals surface area contributed by atoms with Gasteiger partial charge in [-0.2, -0.15) is 5.10 Å². The third-order valence-corrected chi connectivity index (χ3v) is 6.34. The maximum Gasteiger partial charge on any atom is 0.256 e. The molecule has 1 amide bonds. The Kier molecular flexibility index (Phi) is 6.69. The van der Waals surface area contributed by atoms with Gasteiger partial charge in [0.25, 0.3) is 11.5 Å². The highest BCUT2D eigenvalue weighted by molar-refractivity contribution is 6.04. The summed E-state index contributed by atoms with van der Waals surface area (Å²) in [5.74, 6) is 0.206. The molecule has 33 heavy (non-hydrogen) atoms. The second-order valence-corrected chi connectivity index (χ2v) is 8.37. The Bertz CT molecular complexity index is 1210. The number of aromatic nitrogens is 3. The zero-order chi connectivity index (χ0) is 23.5. The number of hydrogen-bond acceptors (Lipinski definition) is 6. The molecule has 176 valence electrons. The van der Waals surface area contributed by atoms with Crippen molar-refractivity contribution in [2.45, 2.75) is 46.2 Å². The smallest absolute Gasteiger partial charge is 0.256 e. The standard InChI is InChI=1S/C24H31N5O4/c1-5-29(17-6-8-33-9-7-17)22-15(3)18(11-16-12-26-28-21(16)22)23(30)25-13-19-20(32-4)10-14(2)27-24(19)31/h10-12,17H,5-9,13H2,1-4H3,(H,25,30)(H,26,28)(H,27,31). The normalized spacial score (nSPS) is 14.4. The molecule has 1 aliphatic heterocycles. The predicted molar refractivity (Wildman–Crippen MR) is 127 cm³/mol. The molecule has 0 bridgehead atoms. The number of ether oxygens (including phenoxy) is 2. The van der Waals surface area contributed by atoms with E-state index in [1.807, 2.05) is 13.0 Å². The molecule has 0 aliphatic carbocycles. The minimum absolute atomic E-state index is 0.0628. The number of anilines is 1. The summed E-state index contributed by atoms with van der Waals surface area (Å²) in [6.07, 6.45) is 3.62. The first-order valence-electron chi connectivity index (χ1n) is 11.3. The topological polar surface area (TPSA) is 112 Å². The fourth-order valence-corrected chi connectivity index (χ4v) is 4.66. The van der Waals surface area contributed by atoms with Crippen molar-refractivity contribution >= 4 is 22.5 Å². The second kappa shape index (κ2) is 9.66. The largest absolute Gasteiger partial charge is 0.496 e. The number of amides is 1. The fourth-order valence-electron chi connectivity index (χ4n) is 4.66. The number of carbonyl (C=O) groups is 1. The number of H-pyrrole nitrogens is 2. The van der Waals surface area contributed by atoms with Gasteiger partial charge in [-0.1, -0.05) is 0 Å². The molecule has 3 N–H and O–H groups in total. The van der Waals surface area contributed by atoms with Crippen molar-refractivity contribution in [1.82, 2.24) is 20.5 Å². The molecule has 0 radical (unpaired) electrons. The van der Waals surface area contributed by atoms with Crippen LogP contribution in [-0.2, 0) is 11.3 Å². The molecule has 3 aromatic rings. The molecule has 9 nitrogen and oxygen atoms in total. The van der Waals surface area contributed by atoms with Gasteiger partial charge in [0.2, 0.25) is 0 Å². The molecular formula is C24H31N5O4. The van der Waals surface area contributed by atoms with E-state index in [0.717, 1.165) is 54.8 Å². The van der Waals surface area contributed by atoms with E-state index < -0.39 is 0 Å². The van der Waals surface area contributed by atoms with E-state index in [4.69, 9.17) is 9.47 Å². The van der Waals surface area contributed by atoms with Crippen molar-refractivity contribution in [2.24, 2.45) is 0 Å². The van der Waals surface area contributed by atoms with Crippen LogP contribution < -0.4 is 20.5 Å². The van der Waals surface area contributed by atoms with Gasteiger partial charge in [-0.3, -0.25) is 14.7 Å². The van der Waals surface area contributed by atoms with E-state index in [1.165, 1.54) is 7.11 Å². The van der Waals surface area contributed by atoms with Gasteiger partial charge >= 0.3 is 0 Å². The van der Waals surface area contributed by atoms with Crippen LogP contribution in [0.5, 0.6) is 5.75 Å². The van der Waals surface area contributed by atoms with E-state index in [-0.39, 0.29) is 18.0 Å². The molecule has 9 heteroatoms. The molecular weight excluding hydrogens is 422 g/mol. The predicted octanol–water partition coefficient (Wildman–Crippen LogP) is 2.81. The number of nitrogens with one attached hydrogen (secondary N) is 3. The highest BCUT2D eigenvalue weighted by Crippen LogP contribution is 2.35. The van der Waals surface area contributed by atoms with E-state index in [9.17, 15) is 9.59 Å². The van der Waals surface area contributed by atoms with Gasteiger partial charge in [0.15, 0.2) is 0 Å². The molecule has 1 aromatic carbocycles. The van der Waals surface area contributed by atoms with Crippen LogP contribution in [0.4, 0.5) is 5.69 Å². The Balaban J connectivity index is 1.68. The molecule has 0 unspecified atom stereocenters. The summed E-state index contributed by atoms with van der Waals surface area (Å²) < 4.78 is 10.9. The zero-order valence-corrected chi connectivity index (χ0v) is 19.6. The summed E-state index contributed by atoms with van der Waals surface area (Å²) >= 11 is 0. The molecule has 0 saturated carbocycles. The molecule has 4 rings (SSSR count). The number of methoxy groups -OCH3 is 1.